The smallest absolute Gasteiger partial charge is 0.138 e. The molecule has 0 aliphatic rings. The van der Waals surface area contributed by atoms with Crippen molar-refractivity contribution in [2.75, 3.05) is 30.8 Å². The fraction of sp³-hybridized carbons (Fsp3) is 0.714. The van der Waals surface area contributed by atoms with Crippen LogP contribution in [0.4, 0.5) is 11.6 Å². The Balaban J connectivity index is 2.79. The molecule has 0 saturated carbocycles. The highest BCUT2D eigenvalue weighted by Crippen LogP contribution is 2.22. The second-order valence-corrected chi connectivity index (χ2v) is 6.07. The van der Waals surface area contributed by atoms with Crippen molar-refractivity contribution in [3.8, 4) is 0 Å². The Bertz CT molecular complexity index is 412. The van der Waals surface area contributed by atoms with Crippen LogP contribution in [0.2, 0.25) is 0 Å². The van der Waals surface area contributed by atoms with Gasteiger partial charge in [-0.15, -0.1) is 0 Å². The zero-order chi connectivity index (χ0) is 14.6. The first-order chi connectivity index (χ1) is 8.70. The van der Waals surface area contributed by atoms with E-state index < -0.39 is 0 Å². The van der Waals surface area contributed by atoms with Crippen molar-refractivity contribution in [3.05, 3.63) is 11.9 Å². The molecule has 1 aromatic heterocycles. The summed E-state index contributed by atoms with van der Waals surface area (Å²) >= 11 is 0. The molecule has 0 atom stereocenters. The van der Waals surface area contributed by atoms with E-state index in [1.54, 1.807) is 6.07 Å². The highest BCUT2D eigenvalue weighted by Gasteiger charge is 2.19. The fourth-order valence-electron chi connectivity index (χ4n) is 1.52. The first kappa shape index (κ1) is 15.7. The van der Waals surface area contributed by atoms with E-state index in [9.17, 15) is 0 Å². The van der Waals surface area contributed by atoms with Crippen LogP contribution in [0.25, 0.3) is 0 Å². The number of ether oxygens (including phenoxy) is 1. The van der Waals surface area contributed by atoms with Crippen LogP contribution in [0.1, 0.15) is 40.4 Å². The van der Waals surface area contributed by atoms with Crippen molar-refractivity contribution in [1.29, 1.82) is 0 Å². The van der Waals surface area contributed by atoms with Gasteiger partial charge in [0.2, 0.25) is 0 Å². The van der Waals surface area contributed by atoms with Gasteiger partial charge in [-0.25, -0.2) is 9.97 Å². The summed E-state index contributed by atoms with van der Waals surface area (Å²) in [5, 5.41) is 0. The van der Waals surface area contributed by atoms with Crippen LogP contribution in [-0.2, 0) is 10.2 Å². The highest BCUT2D eigenvalue weighted by molar-refractivity contribution is 5.47. The van der Waals surface area contributed by atoms with Crippen molar-refractivity contribution in [3.63, 3.8) is 0 Å². The Morgan fingerprint density at radius 1 is 1.32 bits per heavy atom. The molecule has 1 aromatic rings. The Hall–Kier alpha value is -1.36. The molecule has 0 spiro atoms. The van der Waals surface area contributed by atoms with Crippen molar-refractivity contribution in [1.82, 2.24) is 9.97 Å². The van der Waals surface area contributed by atoms with E-state index in [-0.39, 0.29) is 11.5 Å². The number of nitrogen functional groups attached to an aromatic ring is 1. The minimum atomic E-state index is -0.112. The molecule has 0 bridgehead atoms. The van der Waals surface area contributed by atoms with Crippen LogP contribution in [0.5, 0.6) is 0 Å². The molecular weight excluding hydrogens is 240 g/mol. The lowest BCUT2D eigenvalue weighted by atomic mass is 9.96. The molecule has 0 radical (unpaired) electrons. The van der Waals surface area contributed by atoms with Gasteiger partial charge in [0.15, 0.2) is 0 Å². The van der Waals surface area contributed by atoms with Gasteiger partial charge < -0.3 is 15.4 Å². The van der Waals surface area contributed by atoms with Gasteiger partial charge in [0.1, 0.15) is 17.5 Å². The third kappa shape index (κ3) is 5.03. The standard InChI is InChI=1S/C14H26N4O/c1-10(2)19-8-7-18(6)12-9-11(15)16-13(17-12)14(3,4)5/h9-10H,7-8H2,1-6H3,(H2,15,16,17). The zero-order valence-corrected chi connectivity index (χ0v) is 12.9. The van der Waals surface area contributed by atoms with Crippen LogP contribution in [0.15, 0.2) is 6.07 Å². The molecular formula is C14H26N4O. The minimum absolute atomic E-state index is 0.112. The quantitative estimate of drug-likeness (QED) is 0.885. The van der Waals surface area contributed by atoms with E-state index in [1.165, 1.54) is 0 Å². The van der Waals surface area contributed by atoms with Crippen molar-refractivity contribution in [2.45, 2.75) is 46.1 Å². The molecule has 108 valence electrons. The summed E-state index contributed by atoms with van der Waals surface area (Å²) in [4.78, 5) is 10.9. The number of aromatic nitrogens is 2. The molecule has 0 aliphatic carbocycles. The summed E-state index contributed by atoms with van der Waals surface area (Å²) in [6.45, 7) is 11.7. The summed E-state index contributed by atoms with van der Waals surface area (Å²) < 4.78 is 5.55. The number of nitrogens with two attached hydrogens (primary N) is 1. The van der Waals surface area contributed by atoms with Crippen LogP contribution < -0.4 is 10.6 Å². The highest BCUT2D eigenvalue weighted by atomic mass is 16.5. The van der Waals surface area contributed by atoms with Crippen molar-refractivity contribution >= 4 is 11.6 Å². The van der Waals surface area contributed by atoms with Gasteiger partial charge in [-0.3, -0.25) is 0 Å². The molecule has 2 N–H and O–H groups in total. The average Bonchev–Trinajstić information content (AvgIpc) is 2.26. The Morgan fingerprint density at radius 2 is 1.95 bits per heavy atom. The van der Waals surface area contributed by atoms with Crippen LogP contribution in [0, 0.1) is 0 Å². The van der Waals surface area contributed by atoms with Gasteiger partial charge in [0.05, 0.1) is 12.7 Å². The van der Waals surface area contributed by atoms with Gasteiger partial charge in [-0.05, 0) is 13.8 Å². The third-order valence-corrected chi connectivity index (χ3v) is 2.67. The van der Waals surface area contributed by atoms with Gasteiger partial charge in [-0.2, -0.15) is 0 Å². The number of hydrogen-bond acceptors (Lipinski definition) is 5. The van der Waals surface area contributed by atoms with Crippen molar-refractivity contribution < 1.29 is 4.74 Å². The first-order valence-corrected chi connectivity index (χ1v) is 6.68. The average molecular weight is 266 g/mol. The monoisotopic (exact) mass is 266 g/mol. The van der Waals surface area contributed by atoms with Gasteiger partial charge in [0, 0.05) is 25.1 Å². The summed E-state index contributed by atoms with van der Waals surface area (Å²) in [6.07, 6.45) is 0.244. The van der Waals surface area contributed by atoms with Gasteiger partial charge >= 0.3 is 0 Å². The summed E-state index contributed by atoms with van der Waals surface area (Å²) in [6, 6.07) is 1.80. The van der Waals surface area contributed by atoms with E-state index in [4.69, 9.17) is 10.5 Å². The number of rotatable bonds is 5. The third-order valence-electron chi connectivity index (χ3n) is 2.67. The van der Waals surface area contributed by atoms with Crippen LogP contribution in [0.3, 0.4) is 0 Å². The van der Waals surface area contributed by atoms with E-state index in [0.29, 0.717) is 12.4 Å². The predicted octanol–water partition coefficient (Wildman–Crippen LogP) is 2.22. The van der Waals surface area contributed by atoms with E-state index in [0.717, 1.165) is 18.2 Å². The topological polar surface area (TPSA) is 64.3 Å². The lowest BCUT2D eigenvalue weighted by Crippen LogP contribution is -2.27. The summed E-state index contributed by atoms with van der Waals surface area (Å²) in [5.74, 6) is 2.11. The second kappa shape index (κ2) is 6.19. The molecule has 0 fully saturated rings. The number of anilines is 2. The number of nitrogens with zero attached hydrogens (tertiary/aromatic N) is 3. The lowest BCUT2D eigenvalue weighted by molar-refractivity contribution is 0.0845. The Kier molecular flexibility index (Phi) is 5.11. The largest absolute Gasteiger partial charge is 0.384 e. The van der Waals surface area contributed by atoms with E-state index in [2.05, 4.69) is 30.7 Å². The van der Waals surface area contributed by atoms with Gasteiger partial charge in [-0.1, -0.05) is 20.8 Å². The molecule has 0 unspecified atom stereocenters. The SMILES string of the molecule is CC(C)OCCN(C)c1cc(N)nc(C(C)(C)C)n1. The van der Waals surface area contributed by atoms with Crippen LogP contribution in [-0.4, -0.2) is 36.3 Å². The second-order valence-electron chi connectivity index (χ2n) is 6.07. The molecule has 1 heterocycles. The normalized spacial score (nSPS) is 11.9. The molecule has 0 amide bonds. The van der Waals surface area contributed by atoms with E-state index >= 15 is 0 Å². The Morgan fingerprint density at radius 3 is 2.47 bits per heavy atom. The van der Waals surface area contributed by atoms with E-state index in [1.807, 2.05) is 25.8 Å². The maximum absolute atomic E-state index is 5.86. The molecule has 19 heavy (non-hydrogen) atoms. The molecule has 1 rings (SSSR count). The zero-order valence-electron chi connectivity index (χ0n) is 12.9. The predicted molar refractivity (Wildman–Crippen MR) is 79.5 cm³/mol. The summed E-state index contributed by atoms with van der Waals surface area (Å²) in [5.41, 5.74) is 5.75. The molecule has 0 saturated heterocycles. The Labute approximate surface area is 116 Å². The number of likely N-dealkylation sites (N-methyl/N-ethyl adjacent to an activating group) is 1. The van der Waals surface area contributed by atoms with Crippen molar-refractivity contribution in [2.24, 2.45) is 0 Å². The molecule has 5 heteroatoms. The first-order valence-electron chi connectivity index (χ1n) is 6.68. The maximum atomic E-state index is 5.86. The minimum Gasteiger partial charge on any atom is -0.384 e. The number of hydrogen-bond donors (Lipinski definition) is 1. The molecule has 0 aliphatic heterocycles. The lowest BCUT2D eigenvalue weighted by Gasteiger charge is -2.23. The molecule has 5 nitrogen and oxygen atoms in total. The maximum Gasteiger partial charge on any atom is 0.138 e. The van der Waals surface area contributed by atoms with Crippen LogP contribution >= 0.6 is 0 Å². The molecule has 0 aromatic carbocycles. The van der Waals surface area contributed by atoms with Gasteiger partial charge in [0.25, 0.3) is 0 Å². The summed E-state index contributed by atoms with van der Waals surface area (Å²) in [7, 11) is 1.98. The fourth-order valence-corrected chi connectivity index (χ4v) is 1.52.